The van der Waals surface area contributed by atoms with Crippen molar-refractivity contribution in [1.82, 2.24) is 14.7 Å². The minimum atomic E-state index is -5.00. The summed E-state index contributed by atoms with van der Waals surface area (Å²) in [5, 5.41) is 0. The molecule has 1 radical (unpaired) electrons. The summed E-state index contributed by atoms with van der Waals surface area (Å²) in [5.74, 6) is -3.41. The number of benzene rings is 2. The van der Waals surface area contributed by atoms with Crippen molar-refractivity contribution in [1.29, 1.82) is 0 Å². The molecule has 2 atom stereocenters. The summed E-state index contributed by atoms with van der Waals surface area (Å²) in [6.07, 6.45) is 1.39. The number of hydrogen-bond donors (Lipinski definition) is 0. The zero-order chi connectivity index (χ0) is 41.1. The normalized spacial score (nSPS) is 15.5. The van der Waals surface area contributed by atoms with Crippen LogP contribution in [-0.4, -0.2) is 151 Å². The maximum atomic E-state index is 13.5. The second-order valence-electron chi connectivity index (χ2n) is 13.2. The smallest absolute Gasteiger partial charge is 0.756 e. The SMILES string of the molecule is COC(=O)CN(CCN(CC(=O)OC)CC(COP(=O)([O-])OC1CCC(c2ccccc2)(c2ccccc2)CC1)N(CC(=O)OC)CC(=O)OC)CC(=O)OC.[Gd+3]. The molecule has 0 spiro atoms. The Balaban J connectivity index is 0.0000112. The fourth-order valence-electron chi connectivity index (χ4n) is 6.66. The van der Waals surface area contributed by atoms with Gasteiger partial charge in [0.15, 0.2) is 0 Å². The van der Waals surface area contributed by atoms with Gasteiger partial charge in [-0.15, -0.1) is 0 Å². The van der Waals surface area contributed by atoms with Gasteiger partial charge in [0.2, 0.25) is 0 Å². The number of phosphoric ester groups is 1. The van der Waals surface area contributed by atoms with Crippen LogP contribution in [0.3, 0.4) is 0 Å². The number of carbonyl (C=O) groups excluding carboxylic acids is 5. The van der Waals surface area contributed by atoms with E-state index in [9.17, 15) is 33.4 Å². The van der Waals surface area contributed by atoms with Crippen molar-refractivity contribution in [2.24, 2.45) is 0 Å². The average Bonchev–Trinajstić information content (AvgIpc) is 3.21. The van der Waals surface area contributed by atoms with E-state index in [4.69, 9.17) is 32.7 Å². The molecule has 17 nitrogen and oxygen atoms in total. The first-order chi connectivity index (χ1) is 26.8. The standard InChI is InChI=1S/C38H54N3O14P.Gd/c1-49-33(42)23-39(20-21-40(24-34(43)50-2)25-35(44)51-3)22-31(41(26-36(45)52-4)27-37(46)53-5)28-54-56(47,48)55-32-16-18-38(19-17-32,29-12-8-6-9-13-29)30-14-10-7-11-15-30;/h6-15,31-32H,16-28H2,1-5H3,(H,47,48);/q;+3/p-1. The van der Waals surface area contributed by atoms with Gasteiger partial charge in [-0.05, 0) is 36.8 Å². The van der Waals surface area contributed by atoms with Gasteiger partial charge >= 0.3 is 69.8 Å². The largest absolute Gasteiger partial charge is 3.00 e. The van der Waals surface area contributed by atoms with Crippen molar-refractivity contribution < 1.29 is 106 Å². The molecule has 1 aliphatic carbocycles. The number of ether oxygens (including phenoxy) is 5. The number of phosphoric acid groups is 1. The molecule has 2 unspecified atom stereocenters. The molecule has 0 aromatic heterocycles. The molecule has 0 aliphatic heterocycles. The average molecular weight is 964 g/mol. The van der Waals surface area contributed by atoms with Gasteiger partial charge in [-0.1, -0.05) is 60.7 Å². The van der Waals surface area contributed by atoms with Gasteiger partial charge in [0.25, 0.3) is 7.82 Å². The van der Waals surface area contributed by atoms with Crippen LogP contribution in [0, 0.1) is 39.9 Å². The number of methoxy groups -OCH3 is 5. The van der Waals surface area contributed by atoms with Crippen molar-refractivity contribution in [3.05, 3.63) is 71.8 Å². The number of esters is 5. The van der Waals surface area contributed by atoms with Crippen LogP contribution in [0.5, 0.6) is 0 Å². The molecule has 315 valence electrons. The number of nitrogens with zero attached hydrogens (tertiary/aromatic N) is 3. The molecule has 1 saturated carbocycles. The topological polar surface area (TPSA) is 200 Å². The maximum absolute atomic E-state index is 13.5. The number of hydrogen-bond acceptors (Lipinski definition) is 17. The van der Waals surface area contributed by atoms with Gasteiger partial charge in [-0.25, -0.2) is 0 Å². The van der Waals surface area contributed by atoms with Crippen molar-refractivity contribution in [2.45, 2.75) is 43.2 Å². The first kappa shape index (κ1) is 50.2. The second-order valence-corrected chi connectivity index (χ2v) is 14.6. The van der Waals surface area contributed by atoms with Crippen LogP contribution in [0.4, 0.5) is 0 Å². The molecular formula is C38H53GdN3O14P+2. The van der Waals surface area contributed by atoms with E-state index in [2.05, 4.69) is 24.3 Å². The van der Waals surface area contributed by atoms with E-state index in [0.717, 1.165) is 25.3 Å². The molecular weight excluding hydrogens is 911 g/mol. The molecule has 2 aromatic rings. The number of carbonyl (C=O) groups is 5. The molecule has 1 aliphatic rings. The summed E-state index contributed by atoms with van der Waals surface area (Å²) >= 11 is 0. The Bertz CT molecular complexity index is 1540. The Labute approximate surface area is 365 Å². The first-order valence-electron chi connectivity index (χ1n) is 18.1. The quantitative estimate of drug-likeness (QED) is 0.0882. The summed E-state index contributed by atoms with van der Waals surface area (Å²) < 4.78 is 48.6. The van der Waals surface area contributed by atoms with Gasteiger partial charge in [0, 0.05) is 31.1 Å². The van der Waals surface area contributed by atoms with Crippen molar-refractivity contribution in [3.8, 4) is 0 Å². The van der Waals surface area contributed by atoms with E-state index >= 15 is 0 Å². The predicted molar refractivity (Wildman–Crippen MR) is 199 cm³/mol. The zero-order valence-electron chi connectivity index (χ0n) is 33.0. The molecule has 1 fully saturated rings. The molecule has 0 bridgehead atoms. The van der Waals surface area contributed by atoms with Crippen LogP contribution >= 0.6 is 7.82 Å². The van der Waals surface area contributed by atoms with E-state index in [1.54, 1.807) is 0 Å². The molecule has 19 heteroatoms. The van der Waals surface area contributed by atoms with E-state index < -0.39 is 69.5 Å². The van der Waals surface area contributed by atoms with Crippen molar-refractivity contribution in [3.63, 3.8) is 0 Å². The first-order valence-corrected chi connectivity index (χ1v) is 19.5. The number of rotatable bonds is 23. The Morgan fingerprint density at radius 1 is 0.667 bits per heavy atom. The fraction of sp³-hybridized carbons (Fsp3) is 0.553. The van der Waals surface area contributed by atoms with Gasteiger partial charge in [0.05, 0.1) is 81.0 Å². The minimum absolute atomic E-state index is 0. The minimum Gasteiger partial charge on any atom is -0.756 e. The summed E-state index contributed by atoms with van der Waals surface area (Å²) in [5.41, 5.74) is 1.91. The van der Waals surface area contributed by atoms with Gasteiger partial charge in [-0.2, -0.15) is 0 Å². The van der Waals surface area contributed by atoms with Crippen molar-refractivity contribution in [2.75, 3.05) is 94.5 Å². The summed E-state index contributed by atoms with van der Waals surface area (Å²) in [6, 6.07) is 19.1. The molecule has 0 amide bonds. The molecule has 2 aromatic carbocycles. The van der Waals surface area contributed by atoms with E-state index in [0.29, 0.717) is 25.7 Å². The Morgan fingerprint density at radius 3 is 1.47 bits per heavy atom. The van der Waals surface area contributed by atoms with Crippen LogP contribution in [0.2, 0.25) is 0 Å². The van der Waals surface area contributed by atoms with Crippen LogP contribution in [0.15, 0.2) is 60.7 Å². The van der Waals surface area contributed by atoms with Crippen LogP contribution in [-0.2, 0) is 66.7 Å². The maximum Gasteiger partial charge on any atom is 3.00 e. The Hall–Kier alpha value is -2.90. The molecule has 3 rings (SSSR count). The third kappa shape index (κ3) is 16.7. The van der Waals surface area contributed by atoms with Crippen LogP contribution in [0.25, 0.3) is 0 Å². The van der Waals surface area contributed by atoms with Crippen molar-refractivity contribution >= 4 is 37.7 Å². The second kappa shape index (κ2) is 25.6. The zero-order valence-corrected chi connectivity index (χ0v) is 36.1. The van der Waals surface area contributed by atoms with Gasteiger partial charge in [-0.3, -0.25) is 43.2 Å². The summed E-state index contributed by atoms with van der Waals surface area (Å²) in [4.78, 5) is 79.5. The molecule has 0 saturated heterocycles. The molecule has 0 heterocycles. The van der Waals surface area contributed by atoms with E-state index in [1.165, 1.54) is 36.0 Å². The third-order valence-corrected chi connectivity index (χ3v) is 10.7. The van der Waals surface area contributed by atoms with E-state index in [1.807, 2.05) is 36.4 Å². The Kier molecular flexibility index (Phi) is 22.5. The van der Waals surface area contributed by atoms with Crippen LogP contribution in [0.1, 0.15) is 36.8 Å². The monoisotopic (exact) mass is 964 g/mol. The van der Waals surface area contributed by atoms with Crippen LogP contribution < -0.4 is 4.89 Å². The Morgan fingerprint density at radius 2 is 1.05 bits per heavy atom. The fourth-order valence-corrected chi connectivity index (χ4v) is 7.65. The summed E-state index contributed by atoms with van der Waals surface area (Å²) in [6.45, 7) is -2.58. The molecule has 0 N–H and O–H groups in total. The van der Waals surface area contributed by atoms with E-state index in [-0.39, 0.29) is 84.6 Å². The molecule has 57 heavy (non-hydrogen) atoms. The third-order valence-electron chi connectivity index (χ3n) is 9.72. The summed E-state index contributed by atoms with van der Waals surface area (Å²) in [7, 11) is 0.875. The van der Waals surface area contributed by atoms with Gasteiger partial charge in [0.1, 0.15) is 0 Å². The van der Waals surface area contributed by atoms with Gasteiger partial charge < -0.3 is 37.6 Å². The predicted octanol–water partition coefficient (Wildman–Crippen LogP) is 1.56.